The van der Waals surface area contributed by atoms with Crippen molar-refractivity contribution in [3.05, 3.63) is 22.7 Å². The van der Waals surface area contributed by atoms with Crippen LogP contribution in [0.3, 0.4) is 0 Å². The van der Waals surface area contributed by atoms with E-state index in [1.54, 1.807) is 11.9 Å². The number of benzene rings is 1. The molecular formula is C11H13BrN4O. The van der Waals surface area contributed by atoms with Crippen LogP contribution in [0.15, 0.2) is 22.7 Å². The van der Waals surface area contributed by atoms with Crippen molar-refractivity contribution in [2.24, 2.45) is 0 Å². The molecule has 0 radical (unpaired) electrons. The standard InChI is InChI=1S/C11H13BrN4O/c1-7(2)16-14-11(13-15-16)8-4-5-10(17-3)9(12)6-8/h4-7H,1-3H3. The van der Waals surface area contributed by atoms with Gasteiger partial charge in [0.2, 0.25) is 5.82 Å². The van der Waals surface area contributed by atoms with Crippen molar-refractivity contribution in [2.75, 3.05) is 7.11 Å². The van der Waals surface area contributed by atoms with Gasteiger partial charge in [-0.25, -0.2) is 0 Å². The first-order chi connectivity index (χ1) is 8.11. The van der Waals surface area contributed by atoms with Gasteiger partial charge in [-0.2, -0.15) is 4.80 Å². The minimum absolute atomic E-state index is 0.206. The summed E-state index contributed by atoms with van der Waals surface area (Å²) in [6.45, 7) is 4.02. The third-order valence-electron chi connectivity index (χ3n) is 2.30. The summed E-state index contributed by atoms with van der Waals surface area (Å²) in [4.78, 5) is 1.59. The Balaban J connectivity index is 2.36. The molecule has 1 heterocycles. The highest BCUT2D eigenvalue weighted by molar-refractivity contribution is 9.10. The Morgan fingerprint density at radius 1 is 1.35 bits per heavy atom. The molecule has 90 valence electrons. The molecule has 5 nitrogen and oxygen atoms in total. The van der Waals surface area contributed by atoms with E-state index < -0.39 is 0 Å². The van der Waals surface area contributed by atoms with Crippen molar-refractivity contribution in [1.82, 2.24) is 20.2 Å². The zero-order chi connectivity index (χ0) is 12.4. The molecule has 0 spiro atoms. The summed E-state index contributed by atoms with van der Waals surface area (Å²) < 4.78 is 6.04. The second-order valence-corrected chi connectivity index (χ2v) is 4.73. The molecule has 0 N–H and O–H groups in total. The van der Waals surface area contributed by atoms with E-state index in [0.717, 1.165) is 15.8 Å². The average Bonchev–Trinajstić information content (AvgIpc) is 2.78. The molecule has 2 aromatic rings. The highest BCUT2D eigenvalue weighted by Crippen LogP contribution is 2.28. The van der Waals surface area contributed by atoms with Crippen molar-refractivity contribution in [2.45, 2.75) is 19.9 Å². The van der Waals surface area contributed by atoms with Gasteiger partial charge in [-0.05, 0) is 53.2 Å². The molecule has 0 aliphatic rings. The molecule has 0 aliphatic heterocycles. The zero-order valence-electron chi connectivity index (χ0n) is 9.88. The van der Waals surface area contributed by atoms with E-state index in [2.05, 4.69) is 31.3 Å². The lowest BCUT2D eigenvalue weighted by Gasteiger charge is -2.03. The molecule has 1 aromatic heterocycles. The number of hydrogen-bond acceptors (Lipinski definition) is 4. The number of ether oxygens (including phenoxy) is 1. The van der Waals surface area contributed by atoms with Gasteiger partial charge >= 0.3 is 0 Å². The van der Waals surface area contributed by atoms with E-state index >= 15 is 0 Å². The van der Waals surface area contributed by atoms with Crippen molar-refractivity contribution in [1.29, 1.82) is 0 Å². The lowest BCUT2D eigenvalue weighted by Crippen LogP contribution is -2.04. The summed E-state index contributed by atoms with van der Waals surface area (Å²) in [6, 6.07) is 5.90. The number of halogens is 1. The number of nitrogens with zero attached hydrogens (tertiary/aromatic N) is 4. The van der Waals surface area contributed by atoms with Crippen molar-refractivity contribution in [3.63, 3.8) is 0 Å². The lowest BCUT2D eigenvalue weighted by atomic mass is 10.2. The van der Waals surface area contributed by atoms with Crippen LogP contribution in [0.2, 0.25) is 0 Å². The Hall–Kier alpha value is -1.43. The Kier molecular flexibility index (Phi) is 3.42. The van der Waals surface area contributed by atoms with Crippen molar-refractivity contribution < 1.29 is 4.74 Å². The maximum absolute atomic E-state index is 5.17. The normalized spacial score (nSPS) is 10.9. The minimum Gasteiger partial charge on any atom is -0.496 e. The summed E-state index contributed by atoms with van der Waals surface area (Å²) in [5.74, 6) is 1.40. The van der Waals surface area contributed by atoms with Gasteiger partial charge in [0.1, 0.15) is 5.75 Å². The molecule has 0 atom stereocenters. The zero-order valence-corrected chi connectivity index (χ0v) is 11.5. The van der Waals surface area contributed by atoms with Crippen LogP contribution < -0.4 is 4.74 Å². The summed E-state index contributed by atoms with van der Waals surface area (Å²) in [5.41, 5.74) is 0.907. The predicted molar refractivity (Wildman–Crippen MR) is 67.9 cm³/mol. The van der Waals surface area contributed by atoms with E-state index in [1.165, 1.54) is 0 Å². The van der Waals surface area contributed by atoms with Gasteiger partial charge in [-0.15, -0.1) is 10.2 Å². The fraction of sp³-hybridized carbons (Fsp3) is 0.364. The number of hydrogen-bond donors (Lipinski definition) is 0. The monoisotopic (exact) mass is 296 g/mol. The summed E-state index contributed by atoms with van der Waals surface area (Å²) >= 11 is 3.43. The fourth-order valence-electron chi connectivity index (χ4n) is 1.36. The van der Waals surface area contributed by atoms with E-state index in [0.29, 0.717) is 5.82 Å². The Morgan fingerprint density at radius 3 is 2.65 bits per heavy atom. The highest BCUT2D eigenvalue weighted by atomic mass is 79.9. The Morgan fingerprint density at radius 2 is 2.12 bits per heavy atom. The maximum Gasteiger partial charge on any atom is 0.204 e. The molecule has 0 bridgehead atoms. The third kappa shape index (κ3) is 2.46. The maximum atomic E-state index is 5.17. The van der Waals surface area contributed by atoms with Crippen LogP contribution in [0.1, 0.15) is 19.9 Å². The predicted octanol–water partition coefficient (Wildman–Crippen LogP) is 2.69. The SMILES string of the molecule is COc1ccc(-c2nnn(C(C)C)n2)cc1Br. The molecule has 0 aliphatic carbocycles. The number of aromatic nitrogens is 4. The van der Waals surface area contributed by atoms with E-state index in [9.17, 15) is 0 Å². The average molecular weight is 297 g/mol. The van der Waals surface area contributed by atoms with Crippen LogP contribution in [0, 0.1) is 0 Å². The quantitative estimate of drug-likeness (QED) is 0.874. The van der Waals surface area contributed by atoms with Gasteiger partial charge in [0.15, 0.2) is 0 Å². The molecule has 0 saturated heterocycles. The van der Waals surface area contributed by atoms with Crippen LogP contribution >= 0.6 is 15.9 Å². The molecule has 1 aromatic carbocycles. The van der Waals surface area contributed by atoms with Gasteiger partial charge in [-0.1, -0.05) is 0 Å². The van der Waals surface area contributed by atoms with Crippen LogP contribution in [0.25, 0.3) is 11.4 Å². The number of rotatable bonds is 3. The largest absolute Gasteiger partial charge is 0.496 e. The first kappa shape index (κ1) is 12.0. The van der Waals surface area contributed by atoms with Crippen LogP contribution in [-0.4, -0.2) is 27.3 Å². The van der Waals surface area contributed by atoms with Gasteiger partial charge in [0, 0.05) is 5.56 Å². The van der Waals surface area contributed by atoms with Crippen molar-refractivity contribution in [3.8, 4) is 17.1 Å². The van der Waals surface area contributed by atoms with E-state index in [1.807, 2.05) is 32.0 Å². The molecule has 0 amide bonds. The topological polar surface area (TPSA) is 52.8 Å². The molecule has 0 unspecified atom stereocenters. The van der Waals surface area contributed by atoms with Crippen LogP contribution in [0.5, 0.6) is 5.75 Å². The van der Waals surface area contributed by atoms with E-state index in [-0.39, 0.29) is 6.04 Å². The lowest BCUT2D eigenvalue weighted by molar-refractivity contribution is 0.412. The summed E-state index contributed by atoms with van der Waals surface area (Å²) in [6.07, 6.45) is 0. The molecule has 0 fully saturated rings. The second-order valence-electron chi connectivity index (χ2n) is 3.88. The molecule has 17 heavy (non-hydrogen) atoms. The molecule has 0 saturated carbocycles. The van der Waals surface area contributed by atoms with Crippen LogP contribution in [0.4, 0.5) is 0 Å². The van der Waals surface area contributed by atoms with Crippen LogP contribution in [-0.2, 0) is 0 Å². The summed E-state index contributed by atoms with van der Waals surface area (Å²) in [7, 11) is 1.63. The fourth-order valence-corrected chi connectivity index (χ4v) is 1.91. The minimum atomic E-state index is 0.206. The molecule has 6 heteroatoms. The Labute approximate surface area is 108 Å². The Bertz CT molecular complexity index is 524. The first-order valence-corrected chi connectivity index (χ1v) is 6.04. The second kappa shape index (κ2) is 4.83. The highest BCUT2D eigenvalue weighted by Gasteiger charge is 2.09. The molecular weight excluding hydrogens is 284 g/mol. The first-order valence-electron chi connectivity index (χ1n) is 5.25. The molecule has 2 rings (SSSR count). The summed E-state index contributed by atoms with van der Waals surface area (Å²) in [5, 5.41) is 12.3. The van der Waals surface area contributed by atoms with Gasteiger partial charge in [0.05, 0.1) is 17.6 Å². The van der Waals surface area contributed by atoms with E-state index in [4.69, 9.17) is 4.74 Å². The number of methoxy groups -OCH3 is 1. The number of tetrazole rings is 1. The van der Waals surface area contributed by atoms with Gasteiger partial charge in [-0.3, -0.25) is 0 Å². The van der Waals surface area contributed by atoms with Gasteiger partial charge < -0.3 is 4.74 Å². The van der Waals surface area contributed by atoms with Crippen molar-refractivity contribution >= 4 is 15.9 Å². The third-order valence-corrected chi connectivity index (χ3v) is 2.92. The smallest absolute Gasteiger partial charge is 0.204 e. The van der Waals surface area contributed by atoms with Gasteiger partial charge in [0.25, 0.3) is 0 Å².